The van der Waals surface area contributed by atoms with E-state index in [0.29, 0.717) is 18.6 Å². The fourth-order valence-electron chi connectivity index (χ4n) is 3.87. The number of hydrogen-bond acceptors (Lipinski definition) is 3. The topological polar surface area (TPSA) is 44.5 Å². The van der Waals surface area contributed by atoms with E-state index < -0.39 is 0 Å². The average molecular weight is 245 g/mol. The first-order valence-corrected chi connectivity index (χ1v) is 6.88. The molecule has 1 aliphatic heterocycles. The van der Waals surface area contributed by atoms with E-state index in [4.69, 9.17) is 15.2 Å². The SMILES string of the molecule is NC1(c2ccc3c(c2)OCCO3)CC2(CCC2)C1. The molecular weight excluding hydrogens is 226 g/mol. The van der Waals surface area contributed by atoms with Crippen molar-refractivity contribution in [2.75, 3.05) is 13.2 Å². The molecule has 2 saturated carbocycles. The summed E-state index contributed by atoms with van der Waals surface area (Å²) in [6.07, 6.45) is 6.41. The van der Waals surface area contributed by atoms with Gasteiger partial charge in [-0.2, -0.15) is 0 Å². The van der Waals surface area contributed by atoms with Crippen LogP contribution in [0.3, 0.4) is 0 Å². The standard InChI is InChI=1S/C15H19NO2/c16-15(9-14(10-15)4-1-5-14)11-2-3-12-13(8-11)18-7-6-17-12/h2-3,8H,1,4-7,9-10,16H2. The molecule has 0 aromatic heterocycles. The highest BCUT2D eigenvalue weighted by Crippen LogP contribution is 2.63. The molecule has 0 bridgehead atoms. The Labute approximate surface area is 107 Å². The van der Waals surface area contributed by atoms with Crippen molar-refractivity contribution >= 4 is 0 Å². The van der Waals surface area contributed by atoms with Gasteiger partial charge in [-0.05, 0) is 48.8 Å². The van der Waals surface area contributed by atoms with Crippen LogP contribution in [0, 0.1) is 5.41 Å². The van der Waals surface area contributed by atoms with Crippen molar-refractivity contribution in [3.8, 4) is 11.5 Å². The Bertz CT molecular complexity index is 485. The number of benzene rings is 1. The lowest BCUT2D eigenvalue weighted by Gasteiger charge is -2.60. The molecule has 18 heavy (non-hydrogen) atoms. The van der Waals surface area contributed by atoms with E-state index in [-0.39, 0.29) is 5.54 Å². The minimum atomic E-state index is -0.129. The van der Waals surface area contributed by atoms with Crippen LogP contribution in [-0.2, 0) is 5.54 Å². The van der Waals surface area contributed by atoms with Crippen LogP contribution in [0.15, 0.2) is 18.2 Å². The largest absolute Gasteiger partial charge is 0.486 e. The van der Waals surface area contributed by atoms with E-state index in [1.165, 1.54) is 24.8 Å². The Hall–Kier alpha value is -1.22. The number of ether oxygens (including phenoxy) is 2. The zero-order valence-corrected chi connectivity index (χ0v) is 10.6. The van der Waals surface area contributed by atoms with E-state index >= 15 is 0 Å². The summed E-state index contributed by atoms with van der Waals surface area (Å²) in [7, 11) is 0. The van der Waals surface area contributed by atoms with E-state index in [2.05, 4.69) is 12.1 Å². The zero-order chi connectivity index (χ0) is 12.2. The molecule has 3 heteroatoms. The molecule has 1 spiro atoms. The summed E-state index contributed by atoms with van der Waals surface area (Å²) in [5.74, 6) is 1.71. The predicted molar refractivity (Wildman–Crippen MR) is 68.8 cm³/mol. The van der Waals surface area contributed by atoms with Gasteiger partial charge in [0.2, 0.25) is 0 Å². The van der Waals surface area contributed by atoms with Crippen LogP contribution in [0.4, 0.5) is 0 Å². The van der Waals surface area contributed by atoms with E-state index in [0.717, 1.165) is 24.3 Å². The van der Waals surface area contributed by atoms with Gasteiger partial charge in [0.15, 0.2) is 11.5 Å². The minimum Gasteiger partial charge on any atom is -0.486 e. The van der Waals surface area contributed by atoms with E-state index in [9.17, 15) is 0 Å². The smallest absolute Gasteiger partial charge is 0.161 e. The van der Waals surface area contributed by atoms with Crippen molar-refractivity contribution in [2.45, 2.75) is 37.6 Å². The van der Waals surface area contributed by atoms with Gasteiger partial charge < -0.3 is 15.2 Å². The Balaban J connectivity index is 1.61. The lowest BCUT2D eigenvalue weighted by atomic mass is 9.47. The van der Waals surface area contributed by atoms with Crippen LogP contribution in [-0.4, -0.2) is 13.2 Å². The van der Waals surface area contributed by atoms with Crippen LogP contribution in [0.5, 0.6) is 11.5 Å². The van der Waals surface area contributed by atoms with Crippen LogP contribution >= 0.6 is 0 Å². The second kappa shape index (κ2) is 3.41. The van der Waals surface area contributed by atoms with Crippen LogP contribution < -0.4 is 15.2 Å². The molecule has 0 amide bonds. The number of nitrogens with two attached hydrogens (primary N) is 1. The van der Waals surface area contributed by atoms with Crippen molar-refractivity contribution < 1.29 is 9.47 Å². The Morgan fingerprint density at radius 1 is 1.00 bits per heavy atom. The molecule has 2 fully saturated rings. The lowest BCUT2D eigenvalue weighted by Crippen LogP contribution is -2.58. The fraction of sp³-hybridized carbons (Fsp3) is 0.600. The van der Waals surface area contributed by atoms with Gasteiger partial charge >= 0.3 is 0 Å². The van der Waals surface area contributed by atoms with Gasteiger partial charge in [-0.1, -0.05) is 12.5 Å². The van der Waals surface area contributed by atoms with Crippen molar-refractivity contribution in [3.63, 3.8) is 0 Å². The molecule has 0 radical (unpaired) electrons. The summed E-state index contributed by atoms with van der Waals surface area (Å²) in [4.78, 5) is 0. The summed E-state index contributed by atoms with van der Waals surface area (Å²) in [5.41, 5.74) is 8.21. The second-order valence-electron chi connectivity index (χ2n) is 6.22. The second-order valence-corrected chi connectivity index (χ2v) is 6.22. The normalized spacial score (nSPS) is 26.3. The highest BCUT2D eigenvalue weighted by atomic mass is 16.6. The molecule has 96 valence electrons. The van der Waals surface area contributed by atoms with Crippen molar-refractivity contribution in [2.24, 2.45) is 11.1 Å². The monoisotopic (exact) mass is 245 g/mol. The first-order valence-electron chi connectivity index (χ1n) is 6.88. The summed E-state index contributed by atoms with van der Waals surface area (Å²) in [6.45, 7) is 1.28. The van der Waals surface area contributed by atoms with Crippen molar-refractivity contribution in [3.05, 3.63) is 23.8 Å². The Morgan fingerprint density at radius 2 is 1.72 bits per heavy atom. The molecule has 3 aliphatic rings. The van der Waals surface area contributed by atoms with Gasteiger partial charge in [-0.3, -0.25) is 0 Å². The Morgan fingerprint density at radius 3 is 2.39 bits per heavy atom. The van der Waals surface area contributed by atoms with Gasteiger partial charge in [-0.15, -0.1) is 0 Å². The molecule has 4 rings (SSSR count). The number of fused-ring (bicyclic) bond motifs is 1. The third-order valence-electron chi connectivity index (χ3n) is 4.91. The third-order valence-corrected chi connectivity index (χ3v) is 4.91. The minimum absolute atomic E-state index is 0.129. The molecule has 0 saturated heterocycles. The van der Waals surface area contributed by atoms with Gasteiger partial charge in [0.1, 0.15) is 13.2 Å². The first kappa shape index (κ1) is 10.7. The molecule has 1 aromatic rings. The van der Waals surface area contributed by atoms with Crippen LogP contribution in [0.25, 0.3) is 0 Å². The fourth-order valence-corrected chi connectivity index (χ4v) is 3.87. The molecule has 3 nitrogen and oxygen atoms in total. The highest BCUT2D eigenvalue weighted by Gasteiger charge is 2.55. The van der Waals surface area contributed by atoms with E-state index in [1.807, 2.05) is 6.07 Å². The molecule has 0 unspecified atom stereocenters. The van der Waals surface area contributed by atoms with Gasteiger partial charge in [-0.25, -0.2) is 0 Å². The summed E-state index contributed by atoms with van der Waals surface area (Å²) in [5, 5.41) is 0. The highest BCUT2D eigenvalue weighted by molar-refractivity contribution is 5.46. The third kappa shape index (κ3) is 1.40. The molecular formula is C15H19NO2. The maximum atomic E-state index is 6.55. The summed E-state index contributed by atoms with van der Waals surface area (Å²) in [6, 6.07) is 6.20. The van der Waals surface area contributed by atoms with Crippen LogP contribution in [0.2, 0.25) is 0 Å². The molecule has 2 N–H and O–H groups in total. The number of hydrogen-bond donors (Lipinski definition) is 1. The van der Waals surface area contributed by atoms with Gasteiger partial charge in [0, 0.05) is 5.54 Å². The summed E-state index contributed by atoms with van der Waals surface area (Å²) < 4.78 is 11.2. The van der Waals surface area contributed by atoms with Crippen LogP contribution in [0.1, 0.15) is 37.7 Å². The zero-order valence-electron chi connectivity index (χ0n) is 10.6. The molecule has 2 aliphatic carbocycles. The molecule has 1 heterocycles. The number of rotatable bonds is 1. The molecule has 0 atom stereocenters. The quantitative estimate of drug-likeness (QED) is 0.827. The Kier molecular flexibility index (Phi) is 2.03. The predicted octanol–water partition coefficient (Wildman–Crippen LogP) is 2.58. The van der Waals surface area contributed by atoms with Gasteiger partial charge in [0.05, 0.1) is 0 Å². The molecule has 1 aromatic carbocycles. The van der Waals surface area contributed by atoms with Crippen molar-refractivity contribution in [1.82, 2.24) is 0 Å². The first-order chi connectivity index (χ1) is 8.69. The lowest BCUT2D eigenvalue weighted by molar-refractivity contribution is -0.0463. The summed E-state index contributed by atoms with van der Waals surface area (Å²) >= 11 is 0. The average Bonchev–Trinajstić information content (AvgIpc) is 2.32. The maximum Gasteiger partial charge on any atom is 0.161 e. The van der Waals surface area contributed by atoms with Crippen molar-refractivity contribution in [1.29, 1.82) is 0 Å². The maximum absolute atomic E-state index is 6.55. The van der Waals surface area contributed by atoms with Gasteiger partial charge in [0.25, 0.3) is 0 Å². The van der Waals surface area contributed by atoms with E-state index in [1.54, 1.807) is 0 Å².